The van der Waals surface area contributed by atoms with E-state index in [1.807, 2.05) is 19.9 Å². The Morgan fingerprint density at radius 2 is 1.71 bits per heavy atom. The zero-order valence-corrected chi connectivity index (χ0v) is 17.9. The molecular weight excluding hydrogens is 416 g/mol. The number of rotatable bonds is 4. The van der Waals surface area contributed by atoms with E-state index in [0.717, 1.165) is 11.1 Å². The van der Waals surface area contributed by atoms with Crippen LogP contribution < -0.4 is 14.9 Å². The fourth-order valence-electron chi connectivity index (χ4n) is 3.47. The van der Waals surface area contributed by atoms with E-state index >= 15 is 0 Å². The van der Waals surface area contributed by atoms with Crippen molar-refractivity contribution in [3.8, 4) is 22.8 Å². The van der Waals surface area contributed by atoms with Crippen LogP contribution in [0.5, 0.6) is 11.5 Å². The summed E-state index contributed by atoms with van der Waals surface area (Å²) in [5.74, 6) is -0.120. The van der Waals surface area contributed by atoms with Gasteiger partial charge < -0.3 is 13.9 Å². The molecule has 0 aliphatic heterocycles. The summed E-state index contributed by atoms with van der Waals surface area (Å²) in [6.07, 6.45) is 0. The summed E-state index contributed by atoms with van der Waals surface area (Å²) >= 11 is 6.14. The lowest BCUT2D eigenvalue weighted by atomic mass is 10.0. The zero-order chi connectivity index (χ0) is 22.1. The monoisotopic (exact) mass is 434 g/mol. The SMILES string of the molecule is COc1ccc(-c2oc3cc(C)cc(C)c3c(=O)c2OC(=O)c2ccccc2Cl)cc1. The number of ether oxygens (including phenoxy) is 2. The lowest BCUT2D eigenvalue weighted by molar-refractivity contribution is 0.0731. The molecule has 31 heavy (non-hydrogen) atoms. The third-order valence-electron chi connectivity index (χ3n) is 4.94. The number of hydrogen-bond acceptors (Lipinski definition) is 5. The average molecular weight is 435 g/mol. The van der Waals surface area contributed by atoms with Crippen molar-refractivity contribution in [2.24, 2.45) is 0 Å². The van der Waals surface area contributed by atoms with Crippen LogP contribution in [0.25, 0.3) is 22.3 Å². The highest BCUT2D eigenvalue weighted by Gasteiger charge is 2.23. The molecule has 0 bridgehead atoms. The van der Waals surface area contributed by atoms with Crippen LogP contribution in [-0.2, 0) is 0 Å². The molecule has 0 N–H and O–H groups in total. The number of carbonyl (C=O) groups excluding carboxylic acids is 1. The van der Waals surface area contributed by atoms with Crippen LogP contribution in [0, 0.1) is 13.8 Å². The molecule has 0 unspecified atom stereocenters. The molecule has 0 saturated heterocycles. The number of aryl methyl sites for hydroxylation is 2. The van der Waals surface area contributed by atoms with Crippen molar-refractivity contribution in [1.82, 2.24) is 0 Å². The van der Waals surface area contributed by atoms with Crippen molar-refractivity contribution in [2.45, 2.75) is 13.8 Å². The van der Waals surface area contributed by atoms with Crippen LogP contribution in [0.4, 0.5) is 0 Å². The number of fused-ring (bicyclic) bond motifs is 1. The number of hydrogen-bond donors (Lipinski definition) is 0. The van der Waals surface area contributed by atoms with Gasteiger partial charge in [0.1, 0.15) is 11.3 Å². The van der Waals surface area contributed by atoms with Gasteiger partial charge in [-0.1, -0.05) is 29.8 Å². The number of methoxy groups -OCH3 is 1. The summed E-state index contributed by atoms with van der Waals surface area (Å²) in [6, 6.07) is 17.1. The number of halogens is 1. The molecule has 0 atom stereocenters. The van der Waals surface area contributed by atoms with Crippen molar-refractivity contribution in [3.05, 3.63) is 92.6 Å². The lowest BCUT2D eigenvalue weighted by Gasteiger charge is -2.13. The largest absolute Gasteiger partial charge is 0.497 e. The van der Waals surface area contributed by atoms with Crippen molar-refractivity contribution in [2.75, 3.05) is 7.11 Å². The lowest BCUT2D eigenvalue weighted by Crippen LogP contribution is -2.17. The molecule has 6 heteroatoms. The first-order chi connectivity index (χ1) is 14.9. The van der Waals surface area contributed by atoms with Crippen LogP contribution >= 0.6 is 11.6 Å². The van der Waals surface area contributed by atoms with Gasteiger partial charge in [0.2, 0.25) is 11.2 Å². The van der Waals surface area contributed by atoms with Gasteiger partial charge in [0.15, 0.2) is 5.76 Å². The fraction of sp³-hybridized carbons (Fsp3) is 0.120. The Morgan fingerprint density at radius 3 is 2.39 bits per heavy atom. The molecule has 4 rings (SSSR count). The normalized spacial score (nSPS) is 10.8. The predicted octanol–water partition coefficient (Wildman–Crippen LogP) is 5.96. The number of carbonyl (C=O) groups is 1. The molecule has 1 heterocycles. The van der Waals surface area contributed by atoms with Gasteiger partial charge in [0.25, 0.3) is 0 Å². The van der Waals surface area contributed by atoms with E-state index in [1.165, 1.54) is 6.07 Å². The Hall–Kier alpha value is -3.57. The third-order valence-corrected chi connectivity index (χ3v) is 5.27. The van der Waals surface area contributed by atoms with E-state index in [2.05, 4.69) is 0 Å². The van der Waals surface area contributed by atoms with Crippen molar-refractivity contribution >= 4 is 28.5 Å². The maximum Gasteiger partial charge on any atom is 0.345 e. The van der Waals surface area contributed by atoms with Crippen LogP contribution in [0.1, 0.15) is 21.5 Å². The summed E-state index contributed by atoms with van der Waals surface area (Å²) in [7, 11) is 1.56. The summed E-state index contributed by atoms with van der Waals surface area (Å²) in [5.41, 5.74) is 2.41. The second-order valence-electron chi connectivity index (χ2n) is 7.14. The van der Waals surface area contributed by atoms with E-state index in [-0.39, 0.29) is 22.1 Å². The topological polar surface area (TPSA) is 65.7 Å². The molecule has 0 fully saturated rings. The number of esters is 1. The molecule has 0 aliphatic carbocycles. The fourth-order valence-corrected chi connectivity index (χ4v) is 3.69. The summed E-state index contributed by atoms with van der Waals surface area (Å²) in [4.78, 5) is 26.3. The minimum Gasteiger partial charge on any atom is -0.497 e. The Labute approximate surface area is 183 Å². The molecule has 0 amide bonds. The molecule has 0 radical (unpaired) electrons. The molecule has 1 aromatic heterocycles. The van der Waals surface area contributed by atoms with Crippen LogP contribution in [0.3, 0.4) is 0 Å². The minimum atomic E-state index is -0.739. The first kappa shape index (κ1) is 20.7. The molecule has 0 aliphatic rings. The summed E-state index contributed by atoms with van der Waals surface area (Å²) in [5, 5.41) is 0.598. The van der Waals surface area contributed by atoms with Gasteiger partial charge in [0, 0.05) is 5.56 Å². The van der Waals surface area contributed by atoms with Gasteiger partial charge in [-0.2, -0.15) is 0 Å². The van der Waals surface area contributed by atoms with Crippen LogP contribution in [-0.4, -0.2) is 13.1 Å². The highest BCUT2D eigenvalue weighted by molar-refractivity contribution is 6.33. The predicted molar refractivity (Wildman–Crippen MR) is 120 cm³/mol. The molecule has 0 saturated carbocycles. The molecule has 5 nitrogen and oxygen atoms in total. The zero-order valence-electron chi connectivity index (χ0n) is 17.2. The van der Waals surface area contributed by atoms with Gasteiger partial charge in [-0.25, -0.2) is 4.79 Å². The Bertz CT molecular complexity index is 1350. The second-order valence-corrected chi connectivity index (χ2v) is 7.55. The van der Waals surface area contributed by atoms with E-state index in [0.29, 0.717) is 22.3 Å². The maximum atomic E-state index is 13.4. The van der Waals surface area contributed by atoms with Gasteiger partial charge in [-0.05, 0) is 67.4 Å². The van der Waals surface area contributed by atoms with E-state index in [1.54, 1.807) is 55.6 Å². The Balaban J connectivity index is 1.94. The van der Waals surface area contributed by atoms with E-state index < -0.39 is 11.4 Å². The molecule has 156 valence electrons. The van der Waals surface area contributed by atoms with Gasteiger partial charge in [-0.3, -0.25) is 4.79 Å². The van der Waals surface area contributed by atoms with Crippen molar-refractivity contribution in [1.29, 1.82) is 0 Å². The van der Waals surface area contributed by atoms with Crippen LogP contribution in [0.2, 0.25) is 5.02 Å². The minimum absolute atomic E-state index is 0.157. The number of benzene rings is 3. The van der Waals surface area contributed by atoms with Crippen LogP contribution in [0.15, 0.2) is 69.9 Å². The van der Waals surface area contributed by atoms with Gasteiger partial charge >= 0.3 is 5.97 Å². The molecule has 3 aromatic carbocycles. The average Bonchev–Trinajstić information content (AvgIpc) is 2.75. The smallest absolute Gasteiger partial charge is 0.345 e. The van der Waals surface area contributed by atoms with E-state index in [4.69, 9.17) is 25.5 Å². The summed E-state index contributed by atoms with van der Waals surface area (Å²) < 4.78 is 16.9. The van der Waals surface area contributed by atoms with Crippen molar-refractivity contribution in [3.63, 3.8) is 0 Å². The quantitative estimate of drug-likeness (QED) is 0.371. The maximum absolute atomic E-state index is 13.4. The summed E-state index contributed by atoms with van der Waals surface area (Å²) in [6.45, 7) is 3.74. The Morgan fingerprint density at radius 1 is 1.00 bits per heavy atom. The molecular formula is C25H19ClO5. The highest BCUT2D eigenvalue weighted by atomic mass is 35.5. The first-order valence-electron chi connectivity index (χ1n) is 9.58. The van der Waals surface area contributed by atoms with E-state index in [9.17, 15) is 9.59 Å². The van der Waals surface area contributed by atoms with Crippen molar-refractivity contribution < 1.29 is 18.7 Å². The molecule has 4 aromatic rings. The third kappa shape index (κ3) is 3.92. The van der Waals surface area contributed by atoms with Gasteiger partial charge in [-0.15, -0.1) is 0 Å². The highest BCUT2D eigenvalue weighted by Crippen LogP contribution is 2.34. The van der Waals surface area contributed by atoms with Gasteiger partial charge in [0.05, 0.1) is 23.1 Å². The second kappa shape index (κ2) is 8.28. The Kier molecular flexibility index (Phi) is 5.53. The molecule has 0 spiro atoms. The first-order valence-corrected chi connectivity index (χ1v) is 9.96. The standard InChI is InChI=1S/C25H19ClO5/c1-14-12-15(2)21-20(13-14)30-23(16-8-10-17(29-3)11-9-16)24(22(21)27)31-25(28)18-6-4-5-7-19(18)26/h4-13H,1-3H3.